The van der Waals surface area contributed by atoms with Gasteiger partial charge in [-0.1, -0.05) is 0 Å². The maximum absolute atomic E-state index is 12.2. The molecule has 3 heterocycles. The molecule has 0 atom stereocenters. The maximum atomic E-state index is 12.2. The molecular formula is C12H11N3O2S. The van der Waals surface area contributed by atoms with E-state index >= 15 is 0 Å². The van der Waals surface area contributed by atoms with E-state index in [0.717, 1.165) is 11.1 Å². The number of nitrogens with zero attached hydrogens (tertiary/aromatic N) is 3. The van der Waals surface area contributed by atoms with E-state index in [1.165, 1.54) is 15.9 Å². The molecule has 0 aliphatic rings. The van der Waals surface area contributed by atoms with Crippen LogP contribution in [-0.2, 0) is 6.54 Å². The van der Waals surface area contributed by atoms with Crippen LogP contribution in [0.2, 0.25) is 0 Å². The standard InChI is InChI=1S/C12H11N3O2S/c1-7-5-18-11-10(7)14-6-15(12(11)16)4-9-3-13-8(2)17-9/h3,5-6H,4H2,1-2H3. The fourth-order valence-corrected chi connectivity index (χ4v) is 2.77. The Morgan fingerprint density at radius 3 is 2.94 bits per heavy atom. The van der Waals surface area contributed by atoms with Gasteiger partial charge in [-0.15, -0.1) is 11.3 Å². The van der Waals surface area contributed by atoms with Crippen molar-refractivity contribution in [1.29, 1.82) is 0 Å². The molecule has 3 aromatic heterocycles. The monoisotopic (exact) mass is 261 g/mol. The average molecular weight is 261 g/mol. The molecule has 5 nitrogen and oxygen atoms in total. The topological polar surface area (TPSA) is 60.9 Å². The second-order valence-corrected chi connectivity index (χ2v) is 5.00. The van der Waals surface area contributed by atoms with E-state index < -0.39 is 0 Å². The molecule has 0 spiro atoms. The zero-order valence-electron chi connectivity index (χ0n) is 10.0. The van der Waals surface area contributed by atoms with Crippen molar-refractivity contribution in [2.75, 3.05) is 0 Å². The summed E-state index contributed by atoms with van der Waals surface area (Å²) in [6.07, 6.45) is 3.19. The van der Waals surface area contributed by atoms with Crippen LogP contribution < -0.4 is 5.56 Å². The minimum Gasteiger partial charge on any atom is -0.444 e. The molecule has 0 N–H and O–H groups in total. The van der Waals surface area contributed by atoms with Gasteiger partial charge in [-0.3, -0.25) is 9.36 Å². The summed E-state index contributed by atoms with van der Waals surface area (Å²) in [5, 5.41) is 1.95. The summed E-state index contributed by atoms with van der Waals surface area (Å²) in [5.41, 5.74) is 1.79. The summed E-state index contributed by atoms with van der Waals surface area (Å²) in [6.45, 7) is 4.09. The van der Waals surface area contributed by atoms with Crippen LogP contribution in [0.3, 0.4) is 0 Å². The summed E-state index contributed by atoms with van der Waals surface area (Å²) >= 11 is 1.43. The molecule has 0 fully saturated rings. The van der Waals surface area contributed by atoms with E-state index in [0.29, 0.717) is 22.9 Å². The number of hydrogen-bond donors (Lipinski definition) is 0. The highest BCUT2D eigenvalue weighted by atomic mass is 32.1. The van der Waals surface area contributed by atoms with Gasteiger partial charge in [-0.25, -0.2) is 9.97 Å². The van der Waals surface area contributed by atoms with Gasteiger partial charge >= 0.3 is 0 Å². The molecule has 0 aliphatic carbocycles. The Kier molecular flexibility index (Phi) is 2.52. The number of oxazole rings is 1. The summed E-state index contributed by atoms with van der Waals surface area (Å²) in [4.78, 5) is 20.5. The van der Waals surface area contributed by atoms with Crippen LogP contribution in [0.15, 0.2) is 27.1 Å². The first-order valence-corrected chi connectivity index (χ1v) is 6.37. The van der Waals surface area contributed by atoms with Gasteiger partial charge in [0.25, 0.3) is 5.56 Å². The Morgan fingerprint density at radius 2 is 2.22 bits per heavy atom. The molecule has 0 unspecified atom stereocenters. The fraction of sp³-hybridized carbons (Fsp3) is 0.250. The minimum atomic E-state index is -0.0350. The Hall–Kier alpha value is -1.95. The third-order valence-electron chi connectivity index (χ3n) is 2.72. The molecule has 3 rings (SSSR count). The maximum Gasteiger partial charge on any atom is 0.271 e. The molecule has 18 heavy (non-hydrogen) atoms. The molecule has 0 amide bonds. The van der Waals surface area contributed by atoms with Gasteiger partial charge in [0, 0.05) is 6.92 Å². The van der Waals surface area contributed by atoms with Crippen molar-refractivity contribution in [3.8, 4) is 0 Å². The molecule has 92 valence electrons. The second-order valence-electron chi connectivity index (χ2n) is 4.12. The van der Waals surface area contributed by atoms with E-state index in [2.05, 4.69) is 9.97 Å². The quantitative estimate of drug-likeness (QED) is 0.709. The number of fused-ring (bicyclic) bond motifs is 1. The van der Waals surface area contributed by atoms with E-state index in [-0.39, 0.29) is 5.56 Å². The fourth-order valence-electron chi connectivity index (χ4n) is 1.82. The molecule has 0 aromatic carbocycles. The molecule has 3 aromatic rings. The van der Waals surface area contributed by atoms with E-state index in [1.807, 2.05) is 12.3 Å². The smallest absolute Gasteiger partial charge is 0.271 e. The SMILES string of the molecule is Cc1ncc(Cn2cnc3c(C)csc3c2=O)o1. The van der Waals surface area contributed by atoms with Gasteiger partial charge in [0.15, 0.2) is 5.89 Å². The predicted molar refractivity (Wildman–Crippen MR) is 69.0 cm³/mol. The average Bonchev–Trinajstić information content (AvgIpc) is 2.91. The number of rotatable bonds is 2. The van der Waals surface area contributed by atoms with Gasteiger partial charge in [0.1, 0.15) is 10.5 Å². The lowest BCUT2D eigenvalue weighted by Crippen LogP contribution is -2.20. The second kappa shape index (κ2) is 4.06. The van der Waals surface area contributed by atoms with Crippen LogP contribution in [0.5, 0.6) is 0 Å². The van der Waals surface area contributed by atoms with Crippen molar-refractivity contribution in [2.24, 2.45) is 0 Å². The highest BCUT2D eigenvalue weighted by molar-refractivity contribution is 7.17. The lowest BCUT2D eigenvalue weighted by molar-refractivity contribution is 0.459. The number of aromatic nitrogens is 3. The molecule has 0 saturated carbocycles. The molecule has 6 heteroatoms. The first kappa shape index (κ1) is 11.2. The largest absolute Gasteiger partial charge is 0.444 e. The van der Waals surface area contributed by atoms with Crippen molar-refractivity contribution in [1.82, 2.24) is 14.5 Å². The summed E-state index contributed by atoms with van der Waals surface area (Å²) in [7, 11) is 0. The third-order valence-corrected chi connectivity index (χ3v) is 3.79. The minimum absolute atomic E-state index is 0.0350. The Balaban J connectivity index is 2.07. The lowest BCUT2D eigenvalue weighted by atomic mass is 10.3. The van der Waals surface area contributed by atoms with Crippen LogP contribution in [0, 0.1) is 13.8 Å². The van der Waals surface area contributed by atoms with Crippen LogP contribution in [-0.4, -0.2) is 14.5 Å². The van der Waals surface area contributed by atoms with Gasteiger partial charge in [-0.2, -0.15) is 0 Å². The first-order chi connectivity index (χ1) is 8.65. The Bertz CT molecular complexity index is 769. The molecule has 0 saturated heterocycles. The lowest BCUT2D eigenvalue weighted by Gasteiger charge is -2.02. The number of aryl methyl sites for hydroxylation is 2. The van der Waals surface area contributed by atoms with Crippen LogP contribution in [0.25, 0.3) is 10.2 Å². The normalized spacial score (nSPS) is 11.2. The highest BCUT2D eigenvalue weighted by Crippen LogP contribution is 2.19. The van der Waals surface area contributed by atoms with E-state index in [4.69, 9.17) is 4.42 Å². The summed E-state index contributed by atoms with van der Waals surface area (Å²) < 4.78 is 7.59. The van der Waals surface area contributed by atoms with Crippen LogP contribution >= 0.6 is 11.3 Å². The molecular weight excluding hydrogens is 250 g/mol. The summed E-state index contributed by atoms with van der Waals surface area (Å²) in [6, 6.07) is 0. The highest BCUT2D eigenvalue weighted by Gasteiger charge is 2.09. The molecule has 0 bridgehead atoms. The Morgan fingerprint density at radius 1 is 1.39 bits per heavy atom. The number of thiophene rings is 1. The van der Waals surface area contributed by atoms with Crippen molar-refractivity contribution in [3.63, 3.8) is 0 Å². The Labute approximate surface area is 107 Å². The predicted octanol–water partition coefficient (Wildman–Crippen LogP) is 2.11. The summed E-state index contributed by atoms with van der Waals surface area (Å²) in [5.74, 6) is 1.25. The molecule has 0 aliphatic heterocycles. The zero-order valence-corrected chi connectivity index (χ0v) is 10.8. The van der Waals surface area contributed by atoms with Crippen LogP contribution in [0.4, 0.5) is 0 Å². The zero-order chi connectivity index (χ0) is 12.7. The van der Waals surface area contributed by atoms with Gasteiger partial charge in [0.05, 0.1) is 24.6 Å². The molecule has 0 radical (unpaired) electrons. The van der Waals surface area contributed by atoms with Crippen molar-refractivity contribution in [2.45, 2.75) is 20.4 Å². The third kappa shape index (κ3) is 1.74. The van der Waals surface area contributed by atoms with Crippen molar-refractivity contribution >= 4 is 21.6 Å². The van der Waals surface area contributed by atoms with Gasteiger partial charge < -0.3 is 4.42 Å². The van der Waals surface area contributed by atoms with Gasteiger partial charge in [0.2, 0.25) is 0 Å². The van der Waals surface area contributed by atoms with Crippen molar-refractivity contribution < 1.29 is 4.42 Å². The number of hydrogen-bond acceptors (Lipinski definition) is 5. The first-order valence-electron chi connectivity index (χ1n) is 5.49. The van der Waals surface area contributed by atoms with Crippen molar-refractivity contribution in [3.05, 3.63) is 45.5 Å². The van der Waals surface area contributed by atoms with E-state index in [9.17, 15) is 4.79 Å². The van der Waals surface area contributed by atoms with Gasteiger partial charge in [-0.05, 0) is 17.9 Å². The van der Waals surface area contributed by atoms with E-state index in [1.54, 1.807) is 19.4 Å². The van der Waals surface area contributed by atoms with Crippen LogP contribution in [0.1, 0.15) is 17.2 Å².